The SMILES string of the molecule is CC(C)COc1cccc(CNC(=O)C(C)C2CNC2)c1. The third-order valence-corrected chi connectivity index (χ3v) is 3.88. The van der Waals surface area contributed by atoms with E-state index in [2.05, 4.69) is 24.5 Å². The van der Waals surface area contributed by atoms with Gasteiger partial charge in [0.05, 0.1) is 6.61 Å². The molecule has 2 N–H and O–H groups in total. The zero-order valence-corrected chi connectivity index (χ0v) is 13.2. The number of nitrogens with one attached hydrogen (secondary N) is 2. The van der Waals surface area contributed by atoms with Crippen LogP contribution in [-0.2, 0) is 11.3 Å². The maximum atomic E-state index is 12.1. The quantitative estimate of drug-likeness (QED) is 0.809. The highest BCUT2D eigenvalue weighted by Gasteiger charge is 2.28. The Morgan fingerprint density at radius 2 is 2.14 bits per heavy atom. The lowest BCUT2D eigenvalue weighted by Crippen LogP contribution is -2.49. The molecule has 0 spiro atoms. The molecule has 2 rings (SSSR count). The summed E-state index contributed by atoms with van der Waals surface area (Å²) in [4.78, 5) is 12.1. The molecule has 1 aromatic carbocycles. The largest absolute Gasteiger partial charge is 0.493 e. The van der Waals surface area contributed by atoms with E-state index in [9.17, 15) is 4.79 Å². The highest BCUT2D eigenvalue weighted by Crippen LogP contribution is 2.17. The van der Waals surface area contributed by atoms with Crippen molar-refractivity contribution in [3.63, 3.8) is 0 Å². The molecule has 1 aliphatic heterocycles. The first kappa shape index (κ1) is 15.8. The smallest absolute Gasteiger partial charge is 0.223 e. The minimum atomic E-state index is 0.0756. The van der Waals surface area contributed by atoms with E-state index >= 15 is 0 Å². The van der Waals surface area contributed by atoms with Gasteiger partial charge >= 0.3 is 0 Å². The molecule has 1 heterocycles. The molecule has 1 unspecified atom stereocenters. The number of ether oxygens (including phenoxy) is 1. The molecule has 0 saturated carbocycles. The van der Waals surface area contributed by atoms with Crippen molar-refractivity contribution >= 4 is 5.91 Å². The van der Waals surface area contributed by atoms with Gasteiger partial charge < -0.3 is 15.4 Å². The number of amides is 1. The maximum absolute atomic E-state index is 12.1. The Kier molecular flexibility index (Phi) is 5.62. The average molecular weight is 290 g/mol. The van der Waals surface area contributed by atoms with E-state index < -0.39 is 0 Å². The molecule has 1 atom stereocenters. The number of benzene rings is 1. The van der Waals surface area contributed by atoms with Gasteiger partial charge in [-0.3, -0.25) is 4.79 Å². The first-order valence-corrected chi connectivity index (χ1v) is 7.76. The summed E-state index contributed by atoms with van der Waals surface area (Å²) in [5.41, 5.74) is 1.07. The Morgan fingerprint density at radius 1 is 1.38 bits per heavy atom. The molecule has 21 heavy (non-hydrogen) atoms. The van der Waals surface area contributed by atoms with E-state index in [1.165, 1.54) is 0 Å². The number of hydrogen-bond donors (Lipinski definition) is 2. The van der Waals surface area contributed by atoms with Gasteiger partial charge in [0.1, 0.15) is 5.75 Å². The highest BCUT2D eigenvalue weighted by molar-refractivity contribution is 5.78. The first-order valence-electron chi connectivity index (χ1n) is 7.76. The summed E-state index contributed by atoms with van der Waals surface area (Å²) in [6.07, 6.45) is 0. The van der Waals surface area contributed by atoms with Crippen molar-refractivity contribution in [1.82, 2.24) is 10.6 Å². The minimum Gasteiger partial charge on any atom is -0.493 e. The van der Waals surface area contributed by atoms with Crippen LogP contribution in [0.3, 0.4) is 0 Å². The van der Waals surface area contributed by atoms with Crippen molar-refractivity contribution in [3.8, 4) is 5.75 Å². The van der Waals surface area contributed by atoms with Crippen LogP contribution in [0.5, 0.6) is 5.75 Å². The van der Waals surface area contributed by atoms with Crippen molar-refractivity contribution in [1.29, 1.82) is 0 Å². The fraction of sp³-hybridized carbons (Fsp3) is 0.588. The normalized spacial score (nSPS) is 16.4. The molecule has 1 aromatic rings. The molecule has 0 bridgehead atoms. The van der Waals surface area contributed by atoms with E-state index in [1.807, 2.05) is 31.2 Å². The molecular weight excluding hydrogens is 264 g/mol. The standard InChI is InChI=1S/C17H26N2O2/c1-12(2)11-21-16-6-4-5-14(7-16)8-19-17(20)13(3)15-9-18-10-15/h4-7,12-13,15,18H,8-11H2,1-3H3,(H,19,20). The van der Waals surface area contributed by atoms with Crippen LogP contribution in [0, 0.1) is 17.8 Å². The number of carbonyl (C=O) groups is 1. The van der Waals surface area contributed by atoms with Gasteiger partial charge in [0.15, 0.2) is 0 Å². The summed E-state index contributed by atoms with van der Waals surface area (Å²) in [6.45, 7) is 9.43. The van der Waals surface area contributed by atoms with Gasteiger partial charge in [-0.15, -0.1) is 0 Å². The fourth-order valence-electron chi connectivity index (χ4n) is 2.24. The average Bonchev–Trinajstić information content (AvgIpc) is 2.41. The van der Waals surface area contributed by atoms with Gasteiger partial charge in [0, 0.05) is 12.5 Å². The van der Waals surface area contributed by atoms with Crippen molar-refractivity contribution < 1.29 is 9.53 Å². The van der Waals surface area contributed by atoms with Gasteiger partial charge in [-0.25, -0.2) is 0 Å². The molecule has 1 aliphatic rings. The Labute approximate surface area is 127 Å². The topological polar surface area (TPSA) is 50.4 Å². The molecule has 1 amide bonds. The molecule has 0 radical (unpaired) electrons. The van der Waals surface area contributed by atoms with Gasteiger partial charge in [-0.2, -0.15) is 0 Å². The molecule has 1 fully saturated rings. The van der Waals surface area contributed by atoms with Gasteiger partial charge in [-0.05, 0) is 42.6 Å². The molecule has 0 aromatic heterocycles. The molecule has 4 heteroatoms. The van der Waals surface area contributed by atoms with Crippen LogP contribution < -0.4 is 15.4 Å². The van der Waals surface area contributed by atoms with Crippen LogP contribution in [-0.4, -0.2) is 25.6 Å². The second-order valence-electron chi connectivity index (χ2n) is 6.28. The molecule has 116 valence electrons. The van der Waals surface area contributed by atoms with Crippen molar-refractivity contribution in [2.75, 3.05) is 19.7 Å². The lowest BCUT2D eigenvalue weighted by atomic mass is 9.88. The van der Waals surface area contributed by atoms with E-state index in [0.29, 0.717) is 25.0 Å². The number of carbonyl (C=O) groups excluding carboxylic acids is 1. The predicted octanol–water partition coefficient (Wildman–Crippen LogP) is 2.19. The second-order valence-corrected chi connectivity index (χ2v) is 6.28. The predicted molar refractivity (Wildman–Crippen MR) is 84.1 cm³/mol. The molecule has 1 saturated heterocycles. The molecular formula is C17H26N2O2. The van der Waals surface area contributed by atoms with E-state index in [-0.39, 0.29) is 11.8 Å². The maximum Gasteiger partial charge on any atom is 0.223 e. The Balaban J connectivity index is 1.82. The van der Waals surface area contributed by atoms with Gasteiger partial charge in [-0.1, -0.05) is 32.9 Å². The zero-order valence-electron chi connectivity index (χ0n) is 13.2. The molecule has 4 nitrogen and oxygen atoms in total. The molecule has 0 aliphatic carbocycles. The first-order chi connectivity index (χ1) is 10.1. The van der Waals surface area contributed by atoms with Gasteiger partial charge in [0.2, 0.25) is 5.91 Å². The summed E-state index contributed by atoms with van der Waals surface area (Å²) in [5.74, 6) is 2.06. The van der Waals surface area contributed by atoms with Gasteiger partial charge in [0.25, 0.3) is 0 Å². The highest BCUT2D eigenvalue weighted by atomic mass is 16.5. The summed E-state index contributed by atoms with van der Waals surface area (Å²) in [5, 5.41) is 6.22. The van der Waals surface area contributed by atoms with Crippen LogP contribution >= 0.6 is 0 Å². The third kappa shape index (κ3) is 4.74. The van der Waals surface area contributed by atoms with E-state index in [4.69, 9.17) is 4.74 Å². The zero-order chi connectivity index (χ0) is 15.2. The van der Waals surface area contributed by atoms with E-state index in [0.717, 1.165) is 24.4 Å². The van der Waals surface area contributed by atoms with Crippen molar-refractivity contribution in [3.05, 3.63) is 29.8 Å². The lowest BCUT2D eigenvalue weighted by molar-refractivity contribution is -0.126. The van der Waals surface area contributed by atoms with Crippen LogP contribution in [0.25, 0.3) is 0 Å². The summed E-state index contributed by atoms with van der Waals surface area (Å²) >= 11 is 0. The summed E-state index contributed by atoms with van der Waals surface area (Å²) < 4.78 is 5.71. The van der Waals surface area contributed by atoms with Crippen LogP contribution in [0.15, 0.2) is 24.3 Å². The monoisotopic (exact) mass is 290 g/mol. The van der Waals surface area contributed by atoms with Crippen LogP contribution in [0.2, 0.25) is 0 Å². The van der Waals surface area contributed by atoms with Crippen molar-refractivity contribution in [2.45, 2.75) is 27.3 Å². The van der Waals surface area contributed by atoms with E-state index in [1.54, 1.807) is 0 Å². The summed E-state index contributed by atoms with van der Waals surface area (Å²) in [7, 11) is 0. The number of rotatable bonds is 7. The Bertz CT molecular complexity index is 470. The fourth-order valence-corrected chi connectivity index (χ4v) is 2.24. The Morgan fingerprint density at radius 3 is 2.76 bits per heavy atom. The third-order valence-electron chi connectivity index (χ3n) is 3.88. The summed E-state index contributed by atoms with van der Waals surface area (Å²) in [6, 6.07) is 7.93. The van der Waals surface area contributed by atoms with Crippen LogP contribution in [0.1, 0.15) is 26.3 Å². The minimum absolute atomic E-state index is 0.0756. The lowest BCUT2D eigenvalue weighted by Gasteiger charge is -2.31. The van der Waals surface area contributed by atoms with Crippen molar-refractivity contribution in [2.24, 2.45) is 17.8 Å². The number of hydrogen-bond acceptors (Lipinski definition) is 3. The second kappa shape index (κ2) is 7.46. The Hall–Kier alpha value is -1.55. The van der Waals surface area contributed by atoms with Crippen LogP contribution in [0.4, 0.5) is 0 Å².